The van der Waals surface area contributed by atoms with Gasteiger partial charge in [-0.15, -0.1) is 0 Å². The van der Waals surface area contributed by atoms with E-state index in [0.29, 0.717) is 0 Å². The molecule has 1 aromatic heterocycles. The number of anilines is 2. The largest absolute Gasteiger partial charge is 0.398 e. The van der Waals surface area contributed by atoms with Gasteiger partial charge in [0.2, 0.25) is 0 Å². The van der Waals surface area contributed by atoms with Gasteiger partial charge in [0.1, 0.15) is 0 Å². The summed E-state index contributed by atoms with van der Waals surface area (Å²) in [5.41, 5.74) is 8.78. The van der Waals surface area contributed by atoms with Gasteiger partial charge >= 0.3 is 0 Å². The fourth-order valence-corrected chi connectivity index (χ4v) is 2.95. The van der Waals surface area contributed by atoms with Crippen LogP contribution in [-0.4, -0.2) is 23.5 Å². The molecule has 5 heteroatoms. The zero-order valence-electron chi connectivity index (χ0n) is 11.7. The van der Waals surface area contributed by atoms with Crippen LogP contribution in [0.4, 0.5) is 11.4 Å². The Bertz CT molecular complexity index is 574. The highest BCUT2D eigenvalue weighted by Crippen LogP contribution is 2.28. The second-order valence-corrected chi connectivity index (χ2v) is 6.63. The molecule has 0 bridgehead atoms. The van der Waals surface area contributed by atoms with Gasteiger partial charge in [-0.3, -0.25) is 4.98 Å². The Hall–Kier alpha value is -0.940. The first-order valence-electron chi connectivity index (χ1n) is 6.79. The zero-order valence-corrected chi connectivity index (χ0v) is 14.1. The highest BCUT2D eigenvalue weighted by molar-refractivity contribution is 9.10. The summed E-state index contributed by atoms with van der Waals surface area (Å²) in [5, 5.41) is 4.46. The predicted molar refractivity (Wildman–Crippen MR) is 94.6 cm³/mol. The number of benzene rings is 1. The van der Waals surface area contributed by atoms with Crippen LogP contribution in [0.15, 0.2) is 28.9 Å². The summed E-state index contributed by atoms with van der Waals surface area (Å²) in [6, 6.07) is 5.97. The van der Waals surface area contributed by atoms with E-state index in [1.807, 2.05) is 36.2 Å². The third kappa shape index (κ3) is 4.03. The number of pyridine rings is 1. The van der Waals surface area contributed by atoms with E-state index in [1.54, 1.807) is 0 Å². The summed E-state index contributed by atoms with van der Waals surface area (Å²) < 4.78 is 0.950. The number of nitrogens with two attached hydrogens (primary N) is 1. The molecule has 1 heterocycles. The fourth-order valence-electron chi connectivity index (χ4n) is 2.13. The normalized spacial score (nSPS) is 10.9. The molecule has 0 amide bonds. The molecule has 3 N–H and O–H groups in total. The van der Waals surface area contributed by atoms with Crippen molar-refractivity contribution in [3.8, 4) is 0 Å². The van der Waals surface area contributed by atoms with Crippen LogP contribution >= 0.6 is 27.7 Å². The number of thioether (sulfide) groups is 1. The lowest BCUT2D eigenvalue weighted by Crippen LogP contribution is -2.03. The highest BCUT2D eigenvalue weighted by Gasteiger charge is 2.05. The number of fused-ring (bicyclic) bond motifs is 1. The summed E-state index contributed by atoms with van der Waals surface area (Å²) in [6.07, 6.45) is 7.70. The summed E-state index contributed by atoms with van der Waals surface area (Å²) in [4.78, 5) is 4.48. The van der Waals surface area contributed by atoms with Crippen LogP contribution in [0.3, 0.4) is 0 Å². The number of hydrogen-bond donors (Lipinski definition) is 2. The Labute approximate surface area is 132 Å². The summed E-state index contributed by atoms with van der Waals surface area (Å²) in [5.74, 6) is 1.25. The molecule has 0 saturated carbocycles. The second-order valence-electron chi connectivity index (χ2n) is 4.73. The van der Waals surface area contributed by atoms with E-state index in [4.69, 9.17) is 5.73 Å². The smallest absolute Gasteiger partial charge is 0.0954 e. The first kappa shape index (κ1) is 15.4. The minimum atomic E-state index is 0.763. The van der Waals surface area contributed by atoms with Crippen LogP contribution in [0.1, 0.15) is 19.3 Å². The minimum Gasteiger partial charge on any atom is -0.398 e. The van der Waals surface area contributed by atoms with Crippen LogP contribution in [0, 0.1) is 0 Å². The fraction of sp³-hybridized carbons (Fsp3) is 0.400. The molecular formula is C15H20BrN3S. The molecule has 108 valence electrons. The zero-order chi connectivity index (χ0) is 14.4. The molecule has 0 spiro atoms. The monoisotopic (exact) mass is 353 g/mol. The van der Waals surface area contributed by atoms with Crippen molar-refractivity contribution in [3.63, 3.8) is 0 Å². The number of aromatic nitrogens is 1. The van der Waals surface area contributed by atoms with Crippen molar-refractivity contribution in [2.45, 2.75) is 19.3 Å². The second kappa shape index (κ2) is 7.74. The Balaban J connectivity index is 2.02. The number of nitrogen functional groups attached to an aromatic ring is 1. The number of halogens is 1. The van der Waals surface area contributed by atoms with Gasteiger partial charge in [-0.2, -0.15) is 11.8 Å². The van der Waals surface area contributed by atoms with Crippen molar-refractivity contribution >= 4 is 50.0 Å². The third-order valence-corrected chi connectivity index (χ3v) is 4.32. The van der Waals surface area contributed by atoms with Gasteiger partial charge in [-0.05, 0) is 59.0 Å². The van der Waals surface area contributed by atoms with Gasteiger partial charge in [0, 0.05) is 28.3 Å². The Kier molecular flexibility index (Phi) is 5.98. The van der Waals surface area contributed by atoms with Crippen LogP contribution in [0.5, 0.6) is 0 Å². The molecule has 2 aromatic rings. The minimum absolute atomic E-state index is 0.763. The molecule has 0 aliphatic carbocycles. The quantitative estimate of drug-likeness (QED) is 0.567. The number of hydrogen-bond acceptors (Lipinski definition) is 4. The van der Waals surface area contributed by atoms with E-state index >= 15 is 0 Å². The lowest BCUT2D eigenvalue weighted by atomic mass is 10.1. The van der Waals surface area contributed by atoms with Crippen LogP contribution in [-0.2, 0) is 0 Å². The SMILES string of the molecule is CSCCCCCNc1ccc(N)c2cc(Br)cnc12. The Morgan fingerprint density at radius 2 is 2.15 bits per heavy atom. The van der Waals surface area contributed by atoms with E-state index in [2.05, 4.69) is 32.5 Å². The first-order chi connectivity index (χ1) is 9.72. The maximum Gasteiger partial charge on any atom is 0.0954 e. The molecule has 3 nitrogen and oxygen atoms in total. The van der Waals surface area contributed by atoms with Gasteiger partial charge in [0.15, 0.2) is 0 Å². The first-order valence-corrected chi connectivity index (χ1v) is 8.97. The highest BCUT2D eigenvalue weighted by atomic mass is 79.9. The van der Waals surface area contributed by atoms with Crippen molar-refractivity contribution in [3.05, 3.63) is 28.9 Å². The van der Waals surface area contributed by atoms with Crippen molar-refractivity contribution < 1.29 is 0 Å². The van der Waals surface area contributed by atoms with Crippen LogP contribution in [0.2, 0.25) is 0 Å². The molecule has 2 rings (SSSR count). The van der Waals surface area contributed by atoms with Gasteiger partial charge in [-0.25, -0.2) is 0 Å². The average Bonchev–Trinajstić information content (AvgIpc) is 2.45. The lowest BCUT2D eigenvalue weighted by Gasteiger charge is -2.11. The number of nitrogens with one attached hydrogen (secondary N) is 1. The summed E-state index contributed by atoms with van der Waals surface area (Å²) in [7, 11) is 0. The maximum atomic E-state index is 6.01. The standard InChI is InChI=1S/C15H20BrN3S/c1-20-8-4-2-3-7-18-14-6-5-13(17)12-9-11(16)10-19-15(12)14/h5-6,9-10,18H,2-4,7-8,17H2,1H3. The molecule has 0 unspecified atom stereocenters. The topological polar surface area (TPSA) is 50.9 Å². The molecular weight excluding hydrogens is 334 g/mol. The molecule has 0 radical (unpaired) electrons. The molecule has 1 aromatic carbocycles. The predicted octanol–water partition coefficient (Wildman–Crippen LogP) is 4.52. The van der Waals surface area contributed by atoms with E-state index < -0.39 is 0 Å². The number of unbranched alkanes of at least 4 members (excludes halogenated alkanes) is 2. The van der Waals surface area contributed by atoms with Crippen molar-refractivity contribution in [1.82, 2.24) is 4.98 Å². The van der Waals surface area contributed by atoms with E-state index in [0.717, 1.165) is 33.3 Å². The van der Waals surface area contributed by atoms with Crippen LogP contribution < -0.4 is 11.1 Å². The number of nitrogens with zero attached hydrogens (tertiary/aromatic N) is 1. The summed E-state index contributed by atoms with van der Waals surface area (Å²) >= 11 is 5.35. The third-order valence-electron chi connectivity index (χ3n) is 3.19. The van der Waals surface area contributed by atoms with Crippen molar-refractivity contribution in [1.29, 1.82) is 0 Å². The molecule has 0 atom stereocenters. The van der Waals surface area contributed by atoms with Crippen molar-refractivity contribution in [2.75, 3.05) is 29.6 Å². The Morgan fingerprint density at radius 3 is 2.95 bits per heavy atom. The molecule has 0 aliphatic heterocycles. The maximum absolute atomic E-state index is 6.01. The van der Waals surface area contributed by atoms with Gasteiger partial charge in [0.25, 0.3) is 0 Å². The van der Waals surface area contributed by atoms with Gasteiger partial charge in [-0.1, -0.05) is 6.42 Å². The van der Waals surface area contributed by atoms with E-state index in [1.165, 1.54) is 25.0 Å². The van der Waals surface area contributed by atoms with Crippen molar-refractivity contribution in [2.24, 2.45) is 0 Å². The van der Waals surface area contributed by atoms with E-state index in [9.17, 15) is 0 Å². The lowest BCUT2D eigenvalue weighted by molar-refractivity contribution is 0.750. The van der Waals surface area contributed by atoms with Gasteiger partial charge in [0.05, 0.1) is 11.2 Å². The molecule has 0 saturated heterocycles. The molecule has 20 heavy (non-hydrogen) atoms. The molecule has 0 aliphatic rings. The van der Waals surface area contributed by atoms with Crippen LogP contribution in [0.25, 0.3) is 10.9 Å². The average molecular weight is 354 g/mol. The number of rotatable bonds is 7. The Morgan fingerprint density at radius 1 is 1.30 bits per heavy atom. The van der Waals surface area contributed by atoms with Gasteiger partial charge < -0.3 is 11.1 Å². The molecule has 0 fully saturated rings. The van der Waals surface area contributed by atoms with E-state index in [-0.39, 0.29) is 0 Å². The summed E-state index contributed by atoms with van der Waals surface area (Å²) in [6.45, 7) is 0.977.